The van der Waals surface area contributed by atoms with E-state index in [1.165, 1.54) is 62.5 Å². The fraction of sp³-hybridized carbons (Fsp3) is 0.625. The minimum Gasteiger partial charge on any atom is -0.496 e. The third kappa shape index (κ3) is 3.24. The highest BCUT2D eigenvalue weighted by atomic mass is 16.5. The highest BCUT2D eigenvalue weighted by Gasteiger charge is 2.09. The lowest BCUT2D eigenvalue weighted by Crippen LogP contribution is -2.00. The van der Waals surface area contributed by atoms with Gasteiger partial charge in [-0.2, -0.15) is 0 Å². The van der Waals surface area contributed by atoms with E-state index >= 15 is 0 Å². The number of rotatable bonds is 1. The van der Waals surface area contributed by atoms with E-state index in [1.54, 1.807) is 12.7 Å². The van der Waals surface area contributed by atoms with E-state index in [4.69, 9.17) is 4.74 Å². The van der Waals surface area contributed by atoms with Crippen LogP contribution < -0.4 is 4.74 Å². The molecule has 0 fully saturated rings. The van der Waals surface area contributed by atoms with Crippen LogP contribution in [0.15, 0.2) is 12.1 Å². The summed E-state index contributed by atoms with van der Waals surface area (Å²) < 4.78 is 5.44. The van der Waals surface area contributed by atoms with Gasteiger partial charge in [0.1, 0.15) is 5.75 Å². The maximum absolute atomic E-state index is 5.44. The molecular weight excluding hydrogens is 208 g/mol. The van der Waals surface area contributed by atoms with Gasteiger partial charge in [-0.05, 0) is 55.4 Å². The molecule has 0 heterocycles. The van der Waals surface area contributed by atoms with Gasteiger partial charge in [-0.15, -0.1) is 0 Å². The molecule has 0 saturated carbocycles. The van der Waals surface area contributed by atoms with E-state index in [-0.39, 0.29) is 0 Å². The molecule has 0 unspecified atom stereocenters. The minimum absolute atomic E-state index is 1.06. The smallest absolute Gasteiger partial charge is 0.122 e. The van der Waals surface area contributed by atoms with Crippen molar-refractivity contribution in [3.63, 3.8) is 0 Å². The first-order chi connectivity index (χ1) is 8.31. The monoisotopic (exact) mass is 232 g/mol. The Morgan fingerprint density at radius 1 is 0.824 bits per heavy atom. The van der Waals surface area contributed by atoms with Gasteiger partial charge in [-0.25, -0.2) is 0 Å². The van der Waals surface area contributed by atoms with E-state index in [2.05, 4.69) is 19.1 Å². The average Bonchev–Trinajstić information content (AvgIpc) is 2.35. The Hall–Kier alpha value is -0.980. The zero-order valence-corrected chi connectivity index (χ0v) is 11.2. The first kappa shape index (κ1) is 12.5. The largest absolute Gasteiger partial charge is 0.496 e. The zero-order chi connectivity index (χ0) is 12.1. The quantitative estimate of drug-likeness (QED) is 0.695. The van der Waals surface area contributed by atoms with Gasteiger partial charge in [0.25, 0.3) is 0 Å². The second-order valence-corrected chi connectivity index (χ2v) is 5.21. The second kappa shape index (κ2) is 6.09. The van der Waals surface area contributed by atoms with E-state index in [1.807, 2.05) is 0 Å². The van der Waals surface area contributed by atoms with Gasteiger partial charge in [0.2, 0.25) is 0 Å². The summed E-state index contributed by atoms with van der Waals surface area (Å²) in [6.07, 6.45) is 10.8. The van der Waals surface area contributed by atoms with Crippen LogP contribution in [0.1, 0.15) is 55.2 Å². The Morgan fingerprint density at radius 2 is 1.35 bits per heavy atom. The molecule has 1 aromatic carbocycles. The van der Waals surface area contributed by atoms with E-state index in [9.17, 15) is 0 Å². The number of hydrogen-bond donors (Lipinski definition) is 0. The zero-order valence-electron chi connectivity index (χ0n) is 11.2. The summed E-state index contributed by atoms with van der Waals surface area (Å²) in [6, 6.07) is 4.61. The molecule has 2 rings (SSSR count). The van der Waals surface area contributed by atoms with Crippen molar-refractivity contribution in [2.24, 2.45) is 0 Å². The number of fused-ring (bicyclic) bond motifs is 1. The fourth-order valence-electron chi connectivity index (χ4n) is 2.81. The summed E-state index contributed by atoms with van der Waals surface area (Å²) in [6.45, 7) is 2.15. The Balaban J connectivity index is 2.24. The maximum Gasteiger partial charge on any atom is 0.122 e. The molecule has 0 amide bonds. The van der Waals surface area contributed by atoms with Crippen molar-refractivity contribution in [2.45, 2.75) is 58.3 Å². The predicted octanol–water partition coefficient (Wildman–Crippen LogP) is 4.44. The first-order valence-corrected chi connectivity index (χ1v) is 6.97. The lowest BCUT2D eigenvalue weighted by Gasteiger charge is -2.15. The maximum atomic E-state index is 5.44. The SMILES string of the molecule is COc1cc2c(cc1C)CCCCCCCC2. The molecule has 0 saturated heterocycles. The molecule has 1 aliphatic rings. The van der Waals surface area contributed by atoms with Gasteiger partial charge in [0.15, 0.2) is 0 Å². The molecular formula is C16H24O. The molecule has 1 aromatic rings. The van der Waals surface area contributed by atoms with Crippen LogP contribution in [-0.2, 0) is 12.8 Å². The summed E-state index contributed by atoms with van der Waals surface area (Å²) >= 11 is 0. The van der Waals surface area contributed by atoms with Crippen LogP contribution in [0.5, 0.6) is 5.75 Å². The van der Waals surface area contributed by atoms with Gasteiger partial charge >= 0.3 is 0 Å². The highest BCUT2D eigenvalue weighted by molar-refractivity contribution is 5.42. The molecule has 0 spiro atoms. The van der Waals surface area contributed by atoms with Crippen molar-refractivity contribution in [1.29, 1.82) is 0 Å². The third-order valence-corrected chi connectivity index (χ3v) is 3.86. The first-order valence-electron chi connectivity index (χ1n) is 6.97. The third-order valence-electron chi connectivity index (χ3n) is 3.86. The van der Waals surface area contributed by atoms with Crippen molar-refractivity contribution in [3.05, 3.63) is 28.8 Å². The van der Waals surface area contributed by atoms with Crippen LogP contribution >= 0.6 is 0 Å². The number of aryl methyl sites for hydroxylation is 3. The summed E-state index contributed by atoms with van der Waals surface area (Å²) in [5.74, 6) is 1.06. The summed E-state index contributed by atoms with van der Waals surface area (Å²) in [7, 11) is 1.77. The van der Waals surface area contributed by atoms with Crippen LogP contribution in [0.2, 0.25) is 0 Å². The Morgan fingerprint density at radius 3 is 1.94 bits per heavy atom. The Kier molecular flexibility index (Phi) is 4.47. The molecule has 0 aliphatic heterocycles. The number of benzene rings is 1. The molecule has 0 atom stereocenters. The number of hydrogen-bond acceptors (Lipinski definition) is 1. The molecule has 1 nitrogen and oxygen atoms in total. The molecule has 17 heavy (non-hydrogen) atoms. The van der Waals surface area contributed by atoms with Crippen molar-refractivity contribution in [2.75, 3.05) is 7.11 Å². The summed E-state index contributed by atoms with van der Waals surface area (Å²) in [4.78, 5) is 0. The van der Waals surface area contributed by atoms with Gasteiger partial charge < -0.3 is 4.74 Å². The van der Waals surface area contributed by atoms with Crippen molar-refractivity contribution < 1.29 is 4.74 Å². The lowest BCUT2D eigenvalue weighted by atomic mass is 9.93. The summed E-state index contributed by atoms with van der Waals surface area (Å²) in [5, 5.41) is 0. The molecule has 1 heteroatoms. The van der Waals surface area contributed by atoms with Gasteiger partial charge in [-0.3, -0.25) is 0 Å². The molecule has 1 aliphatic carbocycles. The van der Waals surface area contributed by atoms with Crippen molar-refractivity contribution in [1.82, 2.24) is 0 Å². The Bertz CT molecular complexity index is 368. The lowest BCUT2D eigenvalue weighted by molar-refractivity contribution is 0.410. The van der Waals surface area contributed by atoms with Crippen LogP contribution in [0, 0.1) is 6.92 Å². The molecule has 0 N–H and O–H groups in total. The molecule has 94 valence electrons. The van der Waals surface area contributed by atoms with Crippen LogP contribution in [0.3, 0.4) is 0 Å². The minimum atomic E-state index is 1.06. The van der Waals surface area contributed by atoms with Crippen LogP contribution in [0.4, 0.5) is 0 Å². The fourth-order valence-corrected chi connectivity index (χ4v) is 2.81. The van der Waals surface area contributed by atoms with Gasteiger partial charge in [0.05, 0.1) is 7.11 Å². The molecule has 0 bridgehead atoms. The van der Waals surface area contributed by atoms with Gasteiger partial charge in [-0.1, -0.05) is 31.7 Å². The normalized spacial score (nSPS) is 17.3. The number of ether oxygens (including phenoxy) is 1. The highest BCUT2D eigenvalue weighted by Crippen LogP contribution is 2.27. The molecule has 0 aromatic heterocycles. The molecule has 0 radical (unpaired) electrons. The van der Waals surface area contributed by atoms with E-state index in [0.29, 0.717) is 0 Å². The Labute approximate surface area is 105 Å². The topological polar surface area (TPSA) is 9.23 Å². The van der Waals surface area contributed by atoms with Crippen LogP contribution in [-0.4, -0.2) is 7.11 Å². The number of methoxy groups -OCH3 is 1. The second-order valence-electron chi connectivity index (χ2n) is 5.21. The van der Waals surface area contributed by atoms with E-state index < -0.39 is 0 Å². The van der Waals surface area contributed by atoms with Crippen LogP contribution in [0.25, 0.3) is 0 Å². The average molecular weight is 232 g/mol. The standard InChI is InChI=1S/C16H24O/c1-13-11-14-9-7-5-3-4-6-8-10-15(14)12-16(13)17-2/h11-12H,3-10H2,1-2H3. The predicted molar refractivity (Wildman–Crippen MR) is 72.8 cm³/mol. The van der Waals surface area contributed by atoms with Crippen molar-refractivity contribution in [3.8, 4) is 5.75 Å². The summed E-state index contributed by atoms with van der Waals surface area (Å²) in [5.41, 5.74) is 4.36. The van der Waals surface area contributed by atoms with Crippen molar-refractivity contribution >= 4 is 0 Å². The van der Waals surface area contributed by atoms with Gasteiger partial charge in [0, 0.05) is 0 Å². The van der Waals surface area contributed by atoms with E-state index in [0.717, 1.165) is 5.75 Å².